The van der Waals surface area contributed by atoms with Gasteiger partial charge in [0.15, 0.2) is 5.13 Å². The lowest BCUT2D eigenvalue weighted by Crippen LogP contribution is -2.15. The Hall–Kier alpha value is -1.39. The summed E-state index contributed by atoms with van der Waals surface area (Å²) >= 11 is 1.70. The highest BCUT2D eigenvalue weighted by Gasteiger charge is 2.14. The molecular formula is C14H19N3S. The topological polar surface area (TPSA) is 42.2 Å². The Labute approximate surface area is 112 Å². The Bertz CT molecular complexity index is 471. The minimum atomic E-state index is 0.577. The summed E-state index contributed by atoms with van der Waals surface area (Å²) in [4.78, 5) is 8.13. The fourth-order valence-electron chi connectivity index (χ4n) is 1.96. The zero-order valence-electron chi connectivity index (χ0n) is 10.9. The Morgan fingerprint density at radius 2 is 1.94 bits per heavy atom. The minimum Gasteiger partial charge on any atom is -0.326 e. The molecule has 1 aromatic carbocycles. The van der Waals surface area contributed by atoms with E-state index in [-0.39, 0.29) is 0 Å². The van der Waals surface area contributed by atoms with E-state index < -0.39 is 0 Å². The lowest BCUT2D eigenvalue weighted by atomic mass is 10.3. The van der Waals surface area contributed by atoms with Crippen molar-refractivity contribution in [2.45, 2.75) is 26.8 Å². The summed E-state index contributed by atoms with van der Waals surface area (Å²) in [6.45, 7) is 5.75. The van der Waals surface area contributed by atoms with Gasteiger partial charge < -0.3 is 10.6 Å². The largest absolute Gasteiger partial charge is 0.326 e. The van der Waals surface area contributed by atoms with E-state index in [9.17, 15) is 0 Å². The monoisotopic (exact) mass is 261 g/mol. The van der Waals surface area contributed by atoms with Gasteiger partial charge in [-0.2, -0.15) is 0 Å². The number of nitrogens with two attached hydrogens (primary N) is 1. The number of aryl methyl sites for hydroxylation is 1. The van der Waals surface area contributed by atoms with Crippen molar-refractivity contribution in [1.82, 2.24) is 4.98 Å². The molecule has 3 nitrogen and oxygen atoms in total. The molecule has 2 N–H and O–H groups in total. The van der Waals surface area contributed by atoms with E-state index in [1.807, 2.05) is 6.07 Å². The molecule has 0 bridgehead atoms. The summed E-state index contributed by atoms with van der Waals surface area (Å²) in [5, 5.41) is 1.04. The van der Waals surface area contributed by atoms with Crippen molar-refractivity contribution in [2.75, 3.05) is 11.4 Å². The molecule has 0 saturated carbocycles. The van der Waals surface area contributed by atoms with Crippen LogP contribution >= 0.6 is 11.3 Å². The van der Waals surface area contributed by atoms with E-state index in [1.54, 1.807) is 11.3 Å². The van der Waals surface area contributed by atoms with Gasteiger partial charge in [-0.25, -0.2) is 4.98 Å². The highest BCUT2D eigenvalue weighted by atomic mass is 32.1. The van der Waals surface area contributed by atoms with E-state index in [0.717, 1.165) is 23.8 Å². The first kappa shape index (κ1) is 13.1. The van der Waals surface area contributed by atoms with Gasteiger partial charge in [-0.3, -0.25) is 0 Å². The Morgan fingerprint density at radius 1 is 1.22 bits per heavy atom. The molecule has 0 atom stereocenters. The second kappa shape index (κ2) is 5.98. The van der Waals surface area contributed by atoms with Crippen LogP contribution in [0, 0.1) is 0 Å². The van der Waals surface area contributed by atoms with E-state index in [1.165, 1.54) is 10.6 Å². The number of thiazole rings is 1. The molecule has 0 amide bonds. The summed E-state index contributed by atoms with van der Waals surface area (Å²) in [5.74, 6) is 0. The van der Waals surface area contributed by atoms with Crippen LogP contribution in [0.4, 0.5) is 10.8 Å². The molecule has 18 heavy (non-hydrogen) atoms. The van der Waals surface area contributed by atoms with Crippen LogP contribution in [-0.4, -0.2) is 11.5 Å². The molecule has 0 aliphatic heterocycles. The molecule has 0 spiro atoms. The lowest BCUT2D eigenvalue weighted by molar-refractivity contribution is 0.960. The fraction of sp³-hybridized carbons (Fsp3) is 0.357. The maximum Gasteiger partial charge on any atom is 0.190 e. The maximum absolute atomic E-state index is 5.77. The van der Waals surface area contributed by atoms with Gasteiger partial charge in [-0.1, -0.05) is 36.5 Å². The molecule has 4 heteroatoms. The van der Waals surface area contributed by atoms with Crippen LogP contribution in [0.1, 0.15) is 24.4 Å². The predicted octanol–water partition coefficient (Wildman–Crippen LogP) is 3.32. The maximum atomic E-state index is 5.77. The molecular weight excluding hydrogens is 242 g/mol. The molecule has 0 radical (unpaired) electrons. The van der Waals surface area contributed by atoms with E-state index in [0.29, 0.717) is 6.54 Å². The molecule has 96 valence electrons. The third-order valence-corrected chi connectivity index (χ3v) is 4.05. The number of rotatable bonds is 5. The minimum absolute atomic E-state index is 0.577. The van der Waals surface area contributed by atoms with Gasteiger partial charge in [0.2, 0.25) is 0 Å². The van der Waals surface area contributed by atoms with Crippen molar-refractivity contribution in [2.24, 2.45) is 5.73 Å². The molecule has 0 aliphatic rings. The Balaban J connectivity index is 2.36. The van der Waals surface area contributed by atoms with Crippen molar-refractivity contribution >= 4 is 22.2 Å². The van der Waals surface area contributed by atoms with Crippen molar-refractivity contribution in [3.8, 4) is 0 Å². The van der Waals surface area contributed by atoms with E-state index >= 15 is 0 Å². The lowest BCUT2D eigenvalue weighted by Gasteiger charge is -2.19. The summed E-state index contributed by atoms with van der Waals surface area (Å²) in [5.41, 5.74) is 8.08. The highest BCUT2D eigenvalue weighted by Crippen LogP contribution is 2.31. The number of aromatic nitrogens is 1. The first-order chi connectivity index (χ1) is 8.80. The predicted molar refractivity (Wildman–Crippen MR) is 78.5 cm³/mol. The number of hydrogen-bond acceptors (Lipinski definition) is 4. The number of hydrogen-bond donors (Lipinski definition) is 1. The molecule has 0 unspecified atom stereocenters. The van der Waals surface area contributed by atoms with Crippen molar-refractivity contribution in [1.29, 1.82) is 0 Å². The first-order valence-electron chi connectivity index (χ1n) is 6.31. The zero-order chi connectivity index (χ0) is 13.0. The standard InChI is InChI=1S/C14H19N3S/c1-3-12-13(10-15)18-14(16-12)17(4-2)11-8-6-5-7-9-11/h5-9H,3-4,10,15H2,1-2H3. The van der Waals surface area contributed by atoms with Gasteiger partial charge in [-0.15, -0.1) is 0 Å². The zero-order valence-corrected chi connectivity index (χ0v) is 11.7. The molecule has 0 aliphatic carbocycles. The molecule has 2 aromatic rings. The van der Waals surface area contributed by atoms with Crippen molar-refractivity contribution in [3.63, 3.8) is 0 Å². The fourth-order valence-corrected chi connectivity index (χ4v) is 3.07. The van der Waals surface area contributed by atoms with E-state index in [2.05, 4.69) is 43.0 Å². The third kappa shape index (κ3) is 2.54. The van der Waals surface area contributed by atoms with Crippen molar-refractivity contribution < 1.29 is 0 Å². The quantitative estimate of drug-likeness (QED) is 0.897. The number of anilines is 2. The van der Waals surface area contributed by atoms with Crippen LogP contribution in [0.3, 0.4) is 0 Å². The highest BCUT2D eigenvalue weighted by molar-refractivity contribution is 7.15. The third-order valence-electron chi connectivity index (χ3n) is 2.90. The summed E-state index contributed by atoms with van der Waals surface area (Å²) in [6, 6.07) is 10.4. The summed E-state index contributed by atoms with van der Waals surface area (Å²) in [6.07, 6.45) is 0.940. The Kier molecular flexibility index (Phi) is 4.33. The van der Waals surface area contributed by atoms with Crippen LogP contribution < -0.4 is 10.6 Å². The average molecular weight is 261 g/mol. The second-order valence-electron chi connectivity index (χ2n) is 4.00. The molecule has 1 aromatic heterocycles. The van der Waals surface area contributed by atoms with Gasteiger partial charge in [-0.05, 0) is 25.5 Å². The van der Waals surface area contributed by atoms with Crippen LogP contribution in [0.2, 0.25) is 0 Å². The Morgan fingerprint density at radius 3 is 2.44 bits per heavy atom. The number of nitrogens with zero attached hydrogens (tertiary/aromatic N) is 2. The smallest absolute Gasteiger partial charge is 0.190 e. The average Bonchev–Trinajstić information content (AvgIpc) is 2.84. The first-order valence-corrected chi connectivity index (χ1v) is 7.13. The normalized spacial score (nSPS) is 10.6. The molecule has 0 fully saturated rings. The van der Waals surface area contributed by atoms with Crippen LogP contribution in [0.15, 0.2) is 30.3 Å². The van der Waals surface area contributed by atoms with Gasteiger partial charge in [0, 0.05) is 23.7 Å². The van der Waals surface area contributed by atoms with Crippen LogP contribution in [-0.2, 0) is 13.0 Å². The van der Waals surface area contributed by atoms with Gasteiger partial charge in [0.25, 0.3) is 0 Å². The summed E-state index contributed by atoms with van der Waals surface area (Å²) in [7, 11) is 0. The SMILES string of the molecule is CCc1nc(N(CC)c2ccccc2)sc1CN. The molecule has 1 heterocycles. The molecule has 0 saturated heterocycles. The van der Waals surface area contributed by atoms with Crippen LogP contribution in [0.25, 0.3) is 0 Å². The number of para-hydroxylation sites is 1. The van der Waals surface area contributed by atoms with Gasteiger partial charge in [0.05, 0.1) is 5.69 Å². The van der Waals surface area contributed by atoms with Gasteiger partial charge in [0.1, 0.15) is 0 Å². The van der Waals surface area contributed by atoms with Gasteiger partial charge >= 0.3 is 0 Å². The van der Waals surface area contributed by atoms with Crippen molar-refractivity contribution in [3.05, 3.63) is 40.9 Å². The van der Waals surface area contributed by atoms with E-state index in [4.69, 9.17) is 10.7 Å². The number of benzene rings is 1. The summed E-state index contributed by atoms with van der Waals surface area (Å²) < 4.78 is 0. The van der Waals surface area contributed by atoms with Crippen LogP contribution in [0.5, 0.6) is 0 Å². The second-order valence-corrected chi connectivity index (χ2v) is 5.07. The molecule has 2 rings (SSSR count).